The van der Waals surface area contributed by atoms with Crippen LogP contribution in [0, 0.1) is 0 Å². The van der Waals surface area contributed by atoms with Crippen LogP contribution in [0.15, 0.2) is 12.2 Å². The van der Waals surface area contributed by atoms with Gasteiger partial charge in [0.2, 0.25) is 0 Å². The van der Waals surface area contributed by atoms with Gasteiger partial charge in [-0.2, -0.15) is 0 Å². The van der Waals surface area contributed by atoms with E-state index in [9.17, 15) is 4.79 Å². The Morgan fingerprint density at radius 3 is 2.58 bits per heavy atom. The summed E-state index contributed by atoms with van der Waals surface area (Å²) >= 11 is 0. The highest BCUT2D eigenvalue weighted by Crippen LogP contribution is 1.90. The molecule has 0 saturated carbocycles. The van der Waals surface area contributed by atoms with Gasteiger partial charge in [0.15, 0.2) is 0 Å². The largest absolute Gasteiger partial charge is 0.314 e. The molecule has 4 nitrogen and oxygen atoms in total. The molecular formula is C8H15N3O. The molecule has 0 radical (unpaired) electrons. The van der Waals surface area contributed by atoms with Gasteiger partial charge in [0.25, 0.3) is 5.91 Å². The number of carbonyl (C=O) groups excluding carboxylic acids is 1. The molecule has 1 aliphatic heterocycles. The Kier molecular flexibility index (Phi) is 3.25. The zero-order valence-electron chi connectivity index (χ0n) is 7.39. The average Bonchev–Trinajstić information content (AvgIpc) is 2.06. The van der Waals surface area contributed by atoms with E-state index >= 15 is 0 Å². The molecule has 0 bridgehead atoms. The van der Waals surface area contributed by atoms with Crippen molar-refractivity contribution in [3.63, 3.8) is 0 Å². The molecule has 0 spiro atoms. The highest BCUT2D eigenvalue weighted by atomic mass is 16.2. The third-order valence-corrected chi connectivity index (χ3v) is 1.76. The number of nitrogens with zero attached hydrogens (tertiary/aromatic N) is 1. The van der Waals surface area contributed by atoms with E-state index in [0.29, 0.717) is 5.57 Å². The number of nitrogens with one attached hydrogen (secondary N) is 2. The number of carbonyl (C=O) groups is 1. The molecule has 2 N–H and O–H groups in total. The summed E-state index contributed by atoms with van der Waals surface area (Å²) in [6.45, 7) is 8.85. The van der Waals surface area contributed by atoms with E-state index < -0.39 is 0 Å². The lowest BCUT2D eigenvalue weighted by atomic mass is 10.3. The number of hydrazine groups is 1. The first-order chi connectivity index (χ1) is 5.70. The summed E-state index contributed by atoms with van der Waals surface area (Å²) in [4.78, 5) is 11.1. The molecule has 1 saturated heterocycles. The molecule has 68 valence electrons. The summed E-state index contributed by atoms with van der Waals surface area (Å²) in [6.07, 6.45) is 0. The van der Waals surface area contributed by atoms with Crippen LogP contribution in [0.1, 0.15) is 6.92 Å². The molecule has 0 aliphatic carbocycles. The van der Waals surface area contributed by atoms with E-state index in [2.05, 4.69) is 17.3 Å². The van der Waals surface area contributed by atoms with Crippen LogP contribution in [-0.4, -0.2) is 37.1 Å². The first-order valence-corrected chi connectivity index (χ1v) is 4.12. The van der Waals surface area contributed by atoms with Gasteiger partial charge < -0.3 is 5.32 Å². The number of amides is 1. The van der Waals surface area contributed by atoms with E-state index in [1.165, 1.54) is 0 Å². The minimum absolute atomic E-state index is 0.0862. The smallest absolute Gasteiger partial charge is 0.260 e. The first-order valence-electron chi connectivity index (χ1n) is 4.12. The number of rotatable bonds is 2. The third-order valence-electron chi connectivity index (χ3n) is 1.76. The van der Waals surface area contributed by atoms with Gasteiger partial charge in [-0.3, -0.25) is 10.2 Å². The molecule has 1 amide bonds. The summed E-state index contributed by atoms with van der Waals surface area (Å²) in [5.41, 5.74) is 3.32. The Morgan fingerprint density at radius 2 is 2.08 bits per heavy atom. The summed E-state index contributed by atoms with van der Waals surface area (Å²) in [6, 6.07) is 0. The fourth-order valence-electron chi connectivity index (χ4n) is 1.02. The molecule has 1 heterocycles. The minimum Gasteiger partial charge on any atom is -0.314 e. The minimum atomic E-state index is -0.0862. The van der Waals surface area contributed by atoms with Gasteiger partial charge in [0, 0.05) is 31.8 Å². The molecule has 1 fully saturated rings. The zero-order valence-corrected chi connectivity index (χ0v) is 7.39. The third kappa shape index (κ3) is 2.64. The molecule has 12 heavy (non-hydrogen) atoms. The molecule has 0 atom stereocenters. The first kappa shape index (κ1) is 9.22. The standard InChI is InChI=1S/C8H15N3O/c1-7(2)8(12)10-11-5-3-9-4-6-11/h9H,1,3-6H2,2H3,(H,10,12). The zero-order chi connectivity index (χ0) is 8.97. The topological polar surface area (TPSA) is 44.4 Å². The summed E-state index contributed by atoms with van der Waals surface area (Å²) in [5.74, 6) is -0.0862. The van der Waals surface area contributed by atoms with Crippen LogP contribution < -0.4 is 10.7 Å². The summed E-state index contributed by atoms with van der Waals surface area (Å²) < 4.78 is 0. The molecule has 0 aromatic rings. The average molecular weight is 169 g/mol. The highest BCUT2D eigenvalue weighted by molar-refractivity contribution is 5.91. The SMILES string of the molecule is C=C(C)C(=O)NN1CCNCC1. The van der Waals surface area contributed by atoms with Crippen molar-refractivity contribution in [1.82, 2.24) is 15.8 Å². The number of hydrogen-bond donors (Lipinski definition) is 2. The van der Waals surface area contributed by atoms with E-state index in [1.807, 2.05) is 5.01 Å². The maximum atomic E-state index is 11.1. The van der Waals surface area contributed by atoms with Crippen molar-refractivity contribution in [2.45, 2.75) is 6.92 Å². The molecule has 0 aromatic heterocycles. The second kappa shape index (κ2) is 4.23. The Hall–Kier alpha value is -0.870. The van der Waals surface area contributed by atoms with Crippen molar-refractivity contribution in [3.05, 3.63) is 12.2 Å². The second-order valence-electron chi connectivity index (χ2n) is 2.96. The lowest BCUT2D eigenvalue weighted by Crippen LogP contribution is -2.52. The fraction of sp³-hybridized carbons (Fsp3) is 0.625. The Labute approximate surface area is 72.6 Å². The summed E-state index contributed by atoms with van der Waals surface area (Å²) in [7, 11) is 0. The Bertz CT molecular complexity index is 185. The number of piperazine rings is 1. The van der Waals surface area contributed by atoms with Crippen molar-refractivity contribution in [2.75, 3.05) is 26.2 Å². The van der Waals surface area contributed by atoms with Crippen LogP contribution in [0.2, 0.25) is 0 Å². The van der Waals surface area contributed by atoms with Crippen molar-refractivity contribution in [3.8, 4) is 0 Å². The molecular weight excluding hydrogens is 154 g/mol. The van der Waals surface area contributed by atoms with Gasteiger partial charge in [0.1, 0.15) is 0 Å². The van der Waals surface area contributed by atoms with E-state index in [4.69, 9.17) is 0 Å². The lowest BCUT2D eigenvalue weighted by molar-refractivity contribution is -0.122. The van der Waals surface area contributed by atoms with Crippen LogP contribution in [0.25, 0.3) is 0 Å². The van der Waals surface area contributed by atoms with Gasteiger partial charge in [-0.15, -0.1) is 0 Å². The second-order valence-corrected chi connectivity index (χ2v) is 2.96. The van der Waals surface area contributed by atoms with Gasteiger partial charge in [-0.05, 0) is 6.92 Å². The van der Waals surface area contributed by atoms with Gasteiger partial charge in [-0.25, -0.2) is 5.01 Å². The van der Waals surface area contributed by atoms with Crippen LogP contribution in [-0.2, 0) is 4.79 Å². The van der Waals surface area contributed by atoms with Crippen LogP contribution >= 0.6 is 0 Å². The van der Waals surface area contributed by atoms with Crippen LogP contribution in [0.4, 0.5) is 0 Å². The van der Waals surface area contributed by atoms with Crippen molar-refractivity contribution in [2.24, 2.45) is 0 Å². The Morgan fingerprint density at radius 1 is 1.50 bits per heavy atom. The molecule has 4 heteroatoms. The Balaban J connectivity index is 2.29. The molecule has 1 aliphatic rings. The maximum absolute atomic E-state index is 11.1. The predicted octanol–water partition coefficient (Wildman–Crippen LogP) is -0.501. The highest BCUT2D eigenvalue weighted by Gasteiger charge is 2.11. The number of hydrogen-bond acceptors (Lipinski definition) is 3. The lowest BCUT2D eigenvalue weighted by Gasteiger charge is -2.27. The normalized spacial score (nSPS) is 18.8. The molecule has 1 rings (SSSR count). The molecule has 0 unspecified atom stereocenters. The fourth-order valence-corrected chi connectivity index (χ4v) is 1.02. The van der Waals surface area contributed by atoms with Gasteiger partial charge >= 0.3 is 0 Å². The van der Waals surface area contributed by atoms with E-state index in [0.717, 1.165) is 26.2 Å². The van der Waals surface area contributed by atoms with Crippen molar-refractivity contribution >= 4 is 5.91 Å². The predicted molar refractivity (Wildman–Crippen MR) is 47.4 cm³/mol. The quantitative estimate of drug-likeness (QED) is 0.548. The van der Waals surface area contributed by atoms with E-state index in [-0.39, 0.29) is 5.91 Å². The van der Waals surface area contributed by atoms with E-state index in [1.54, 1.807) is 6.92 Å². The van der Waals surface area contributed by atoms with Gasteiger partial charge in [-0.1, -0.05) is 6.58 Å². The summed E-state index contributed by atoms with van der Waals surface area (Å²) in [5, 5.41) is 5.11. The van der Waals surface area contributed by atoms with Crippen LogP contribution in [0.5, 0.6) is 0 Å². The van der Waals surface area contributed by atoms with Gasteiger partial charge in [0.05, 0.1) is 0 Å². The monoisotopic (exact) mass is 169 g/mol. The maximum Gasteiger partial charge on any atom is 0.260 e. The van der Waals surface area contributed by atoms with Crippen molar-refractivity contribution < 1.29 is 4.79 Å². The van der Waals surface area contributed by atoms with Crippen LogP contribution in [0.3, 0.4) is 0 Å². The van der Waals surface area contributed by atoms with Crippen molar-refractivity contribution in [1.29, 1.82) is 0 Å². The molecule has 0 aromatic carbocycles.